The maximum Gasteiger partial charge on any atom is 2.00 e. The van der Waals surface area contributed by atoms with Gasteiger partial charge < -0.3 is 8.59 Å². The third-order valence-corrected chi connectivity index (χ3v) is 3.93. The molecule has 19 heavy (non-hydrogen) atoms. The first kappa shape index (κ1) is 17.0. The van der Waals surface area contributed by atoms with Crippen LogP contribution >= 0.6 is 24.0 Å². The Hall–Kier alpha value is -0.0603. The van der Waals surface area contributed by atoms with Crippen LogP contribution in [0.25, 0.3) is 0 Å². The van der Waals surface area contributed by atoms with Crippen LogP contribution < -0.4 is 5.73 Å². The van der Waals surface area contributed by atoms with Crippen molar-refractivity contribution in [3.05, 3.63) is 71.8 Å². The Morgan fingerprint density at radius 3 is 1.79 bits per heavy atom. The van der Waals surface area contributed by atoms with Crippen molar-refractivity contribution in [2.75, 3.05) is 5.75 Å². The number of hydrogen-bond acceptors (Lipinski definition) is 2. The fourth-order valence-electron chi connectivity index (χ4n) is 1.92. The van der Waals surface area contributed by atoms with E-state index in [4.69, 9.17) is 18.0 Å². The van der Waals surface area contributed by atoms with Gasteiger partial charge in [-0.2, -0.15) is 0 Å². The molecule has 0 fully saturated rings. The van der Waals surface area contributed by atoms with Gasteiger partial charge in [-0.05, 0) is 11.1 Å². The Morgan fingerprint density at radius 1 is 1.00 bits per heavy atom. The number of thiocarbonyl (C=S) groups is 1. The summed E-state index contributed by atoms with van der Waals surface area (Å²) in [6.07, 6.45) is 0. The predicted octanol–water partition coefficient (Wildman–Crippen LogP) is 3.64. The van der Waals surface area contributed by atoms with Crippen LogP contribution in [0.4, 0.5) is 0 Å². The molecule has 0 unspecified atom stereocenters. The summed E-state index contributed by atoms with van der Waals surface area (Å²) in [5.41, 5.74) is 8.19. The van der Waals surface area contributed by atoms with E-state index >= 15 is 0 Å². The van der Waals surface area contributed by atoms with Gasteiger partial charge in [-0.1, -0.05) is 84.6 Å². The SMILES string of the molecule is NC(=S)SCC(c1ccccc1)c1ccccc1.[Ca+2].[H-].[H-]. The molecule has 0 aliphatic heterocycles. The van der Waals surface area contributed by atoms with Crippen LogP contribution in [0.2, 0.25) is 0 Å². The molecule has 0 radical (unpaired) electrons. The van der Waals surface area contributed by atoms with Crippen molar-refractivity contribution in [3.8, 4) is 0 Å². The zero-order valence-corrected chi connectivity index (χ0v) is 14.5. The van der Waals surface area contributed by atoms with E-state index in [-0.39, 0.29) is 40.6 Å². The number of nitrogens with two attached hydrogens (primary N) is 1. The van der Waals surface area contributed by atoms with E-state index < -0.39 is 0 Å². The number of rotatable bonds is 4. The van der Waals surface area contributed by atoms with Gasteiger partial charge in [0, 0.05) is 11.7 Å². The molecule has 0 bridgehead atoms. The molecule has 0 saturated heterocycles. The standard InChI is InChI=1S/C15H15NS2.Ca.2H/c16-15(17)18-11-14(12-7-3-1-4-8-12)13-9-5-2-6-10-13;;;/h1-10,14H,11H2,(H2,16,17);;;/q;+2;2*-1. The van der Waals surface area contributed by atoms with E-state index in [2.05, 4.69) is 48.5 Å². The molecule has 0 amide bonds. The first-order valence-electron chi connectivity index (χ1n) is 5.79. The molecule has 2 aromatic carbocycles. The minimum absolute atomic E-state index is 0. The Morgan fingerprint density at radius 2 is 1.42 bits per heavy atom. The topological polar surface area (TPSA) is 26.0 Å². The zero-order valence-electron chi connectivity index (χ0n) is 12.7. The fraction of sp³-hybridized carbons (Fsp3) is 0.133. The van der Waals surface area contributed by atoms with Crippen molar-refractivity contribution >= 4 is 66.0 Å². The maximum atomic E-state index is 5.59. The van der Waals surface area contributed by atoms with Gasteiger partial charge >= 0.3 is 37.7 Å². The van der Waals surface area contributed by atoms with E-state index in [1.54, 1.807) is 0 Å². The van der Waals surface area contributed by atoms with Crippen LogP contribution in [0, 0.1) is 0 Å². The van der Waals surface area contributed by atoms with Gasteiger partial charge in [0.1, 0.15) is 4.32 Å². The van der Waals surface area contributed by atoms with Crippen molar-refractivity contribution in [2.24, 2.45) is 5.73 Å². The summed E-state index contributed by atoms with van der Waals surface area (Å²) in [6.45, 7) is 0. The molecule has 0 aromatic heterocycles. The van der Waals surface area contributed by atoms with E-state index in [1.807, 2.05) is 12.1 Å². The molecule has 0 saturated carbocycles. The second-order valence-corrected chi connectivity index (χ2v) is 5.76. The molecule has 96 valence electrons. The number of thioether (sulfide) groups is 1. The van der Waals surface area contributed by atoms with Crippen LogP contribution in [0.3, 0.4) is 0 Å². The first-order valence-corrected chi connectivity index (χ1v) is 7.19. The maximum absolute atomic E-state index is 5.59. The van der Waals surface area contributed by atoms with Gasteiger partial charge in [0.15, 0.2) is 0 Å². The van der Waals surface area contributed by atoms with Crippen LogP contribution in [0.5, 0.6) is 0 Å². The number of hydrogen-bond donors (Lipinski definition) is 1. The monoisotopic (exact) mass is 315 g/mol. The van der Waals surface area contributed by atoms with Crippen molar-refractivity contribution in [2.45, 2.75) is 5.92 Å². The molecule has 4 heteroatoms. The van der Waals surface area contributed by atoms with E-state index in [0.717, 1.165) is 5.75 Å². The van der Waals surface area contributed by atoms with Crippen LogP contribution in [0.1, 0.15) is 19.9 Å². The molecule has 0 spiro atoms. The third kappa shape index (κ3) is 5.44. The normalized spacial score (nSPS) is 9.95. The van der Waals surface area contributed by atoms with Crippen molar-refractivity contribution in [1.29, 1.82) is 0 Å². The molecule has 2 rings (SSSR count). The van der Waals surface area contributed by atoms with Gasteiger partial charge in [0.25, 0.3) is 0 Å². The Balaban J connectivity index is 0. The zero-order chi connectivity index (χ0) is 12.8. The second-order valence-electron chi connectivity index (χ2n) is 4.00. The quantitative estimate of drug-likeness (QED) is 0.689. The molecule has 2 N–H and O–H groups in total. The van der Waals surface area contributed by atoms with Gasteiger partial charge in [-0.25, -0.2) is 0 Å². The summed E-state index contributed by atoms with van der Waals surface area (Å²) >= 11 is 6.49. The van der Waals surface area contributed by atoms with Gasteiger partial charge in [-0.15, -0.1) is 0 Å². The molecule has 0 aliphatic carbocycles. The predicted molar refractivity (Wildman–Crippen MR) is 91.9 cm³/mol. The number of benzene rings is 2. The summed E-state index contributed by atoms with van der Waals surface area (Å²) in [5.74, 6) is 1.21. The van der Waals surface area contributed by atoms with Gasteiger partial charge in [-0.3, -0.25) is 0 Å². The smallest absolute Gasteiger partial charge is 1.00 e. The molecule has 0 aliphatic rings. The van der Waals surface area contributed by atoms with Crippen molar-refractivity contribution in [3.63, 3.8) is 0 Å². The largest absolute Gasteiger partial charge is 2.00 e. The van der Waals surface area contributed by atoms with E-state index in [1.165, 1.54) is 22.9 Å². The van der Waals surface area contributed by atoms with E-state index in [0.29, 0.717) is 10.2 Å². The Labute approximate surface area is 156 Å². The fourth-order valence-corrected chi connectivity index (χ4v) is 2.84. The Kier molecular flexibility index (Phi) is 8.03. The summed E-state index contributed by atoms with van der Waals surface area (Å²) in [7, 11) is 0. The van der Waals surface area contributed by atoms with Crippen LogP contribution in [-0.4, -0.2) is 47.8 Å². The summed E-state index contributed by atoms with van der Waals surface area (Å²) in [5, 5.41) is 0. The molecule has 0 atom stereocenters. The summed E-state index contributed by atoms with van der Waals surface area (Å²) in [6, 6.07) is 20.9. The van der Waals surface area contributed by atoms with Crippen LogP contribution in [0.15, 0.2) is 60.7 Å². The van der Waals surface area contributed by atoms with Crippen LogP contribution in [-0.2, 0) is 0 Å². The van der Waals surface area contributed by atoms with E-state index in [9.17, 15) is 0 Å². The average molecular weight is 316 g/mol. The molecular weight excluding hydrogens is 298 g/mol. The summed E-state index contributed by atoms with van der Waals surface area (Å²) < 4.78 is 0.506. The molecule has 2 aromatic rings. The van der Waals surface area contributed by atoms with Crippen molar-refractivity contribution < 1.29 is 2.85 Å². The molecular formula is C15H17CaNS2. The minimum Gasteiger partial charge on any atom is -1.00 e. The minimum atomic E-state index is 0. The average Bonchev–Trinajstić information content (AvgIpc) is 2.41. The third-order valence-electron chi connectivity index (χ3n) is 2.80. The summed E-state index contributed by atoms with van der Waals surface area (Å²) in [4.78, 5) is 0. The molecule has 0 heterocycles. The van der Waals surface area contributed by atoms with Gasteiger partial charge in [0.2, 0.25) is 0 Å². The second kappa shape index (κ2) is 8.98. The van der Waals surface area contributed by atoms with Gasteiger partial charge in [0.05, 0.1) is 0 Å². The molecule has 1 nitrogen and oxygen atoms in total. The first-order chi connectivity index (χ1) is 8.77. The Bertz CT molecular complexity index is 472. The van der Waals surface area contributed by atoms with Crippen molar-refractivity contribution in [1.82, 2.24) is 0 Å².